The van der Waals surface area contributed by atoms with Crippen LogP contribution < -0.4 is 10.1 Å². The summed E-state index contributed by atoms with van der Waals surface area (Å²) in [7, 11) is -3.91. The first-order valence-electron chi connectivity index (χ1n) is 9.21. The summed E-state index contributed by atoms with van der Waals surface area (Å²) in [6, 6.07) is 18.8. The molecule has 31 heavy (non-hydrogen) atoms. The molecule has 1 amide bonds. The average molecular weight is 454 g/mol. The zero-order valence-electron chi connectivity index (χ0n) is 16.0. The number of nitrogens with zero attached hydrogens (tertiary/aromatic N) is 1. The van der Waals surface area contributed by atoms with Gasteiger partial charge in [-0.25, -0.2) is 13.8 Å². The molecule has 0 saturated carbocycles. The van der Waals surface area contributed by atoms with Gasteiger partial charge in [-0.3, -0.25) is 14.3 Å². The van der Waals surface area contributed by atoms with Crippen molar-refractivity contribution in [1.82, 2.24) is 5.43 Å². The fourth-order valence-corrected chi connectivity index (χ4v) is 4.37. The first-order chi connectivity index (χ1) is 14.8. The molecule has 3 aromatic carbocycles. The Morgan fingerprint density at radius 3 is 2.39 bits per heavy atom. The van der Waals surface area contributed by atoms with E-state index in [-0.39, 0.29) is 22.7 Å². The Kier molecular flexibility index (Phi) is 5.58. The lowest BCUT2D eigenvalue weighted by molar-refractivity contribution is 0.0951. The number of sulfonamides is 1. The van der Waals surface area contributed by atoms with Gasteiger partial charge in [0.15, 0.2) is 5.78 Å². The van der Waals surface area contributed by atoms with Gasteiger partial charge in [-0.1, -0.05) is 41.9 Å². The van der Waals surface area contributed by atoms with Crippen molar-refractivity contribution < 1.29 is 18.0 Å². The number of hydrogen-bond acceptors (Lipinski definition) is 5. The van der Waals surface area contributed by atoms with E-state index in [0.717, 1.165) is 0 Å². The van der Waals surface area contributed by atoms with E-state index < -0.39 is 15.9 Å². The summed E-state index contributed by atoms with van der Waals surface area (Å²) in [6.45, 7) is 0. The van der Waals surface area contributed by atoms with Crippen molar-refractivity contribution in [3.8, 4) is 0 Å². The van der Waals surface area contributed by atoms with Crippen LogP contribution in [-0.4, -0.2) is 25.8 Å². The molecule has 156 valence electrons. The van der Waals surface area contributed by atoms with Crippen LogP contribution in [0.2, 0.25) is 5.02 Å². The van der Waals surface area contributed by atoms with Gasteiger partial charge >= 0.3 is 0 Å². The number of hydrogen-bond donors (Lipinski definition) is 2. The highest BCUT2D eigenvalue weighted by Gasteiger charge is 2.25. The lowest BCUT2D eigenvalue weighted by Crippen LogP contribution is -2.20. The van der Waals surface area contributed by atoms with E-state index in [1.54, 1.807) is 36.4 Å². The minimum absolute atomic E-state index is 0.0648. The molecule has 1 aliphatic rings. The van der Waals surface area contributed by atoms with Gasteiger partial charge in [0.1, 0.15) is 0 Å². The maximum Gasteiger partial charge on any atom is 0.271 e. The van der Waals surface area contributed by atoms with Crippen LogP contribution >= 0.6 is 11.6 Å². The van der Waals surface area contributed by atoms with Crippen LogP contribution in [0.4, 0.5) is 5.69 Å². The smallest absolute Gasteiger partial charge is 0.271 e. The molecule has 0 atom stereocenters. The normalized spacial score (nSPS) is 14.4. The number of carbonyl (C=O) groups is 2. The topological polar surface area (TPSA) is 105 Å². The van der Waals surface area contributed by atoms with E-state index in [4.69, 9.17) is 11.6 Å². The summed E-state index contributed by atoms with van der Waals surface area (Å²) in [5, 5.41) is 4.56. The summed E-state index contributed by atoms with van der Waals surface area (Å²) < 4.78 is 27.8. The second kappa shape index (κ2) is 8.33. The number of benzene rings is 3. The number of ketones is 1. The second-order valence-electron chi connectivity index (χ2n) is 6.79. The van der Waals surface area contributed by atoms with Crippen LogP contribution in [0.3, 0.4) is 0 Å². The van der Waals surface area contributed by atoms with Crippen molar-refractivity contribution in [3.63, 3.8) is 0 Å². The molecule has 0 aromatic heterocycles. The number of hydrazone groups is 1. The van der Waals surface area contributed by atoms with Crippen molar-refractivity contribution in [2.45, 2.75) is 11.3 Å². The third kappa shape index (κ3) is 4.50. The Bertz CT molecular complexity index is 1320. The molecule has 0 radical (unpaired) electrons. The molecular weight excluding hydrogens is 438 g/mol. The summed E-state index contributed by atoms with van der Waals surface area (Å²) in [5.74, 6) is -0.655. The van der Waals surface area contributed by atoms with E-state index in [9.17, 15) is 18.0 Å². The largest absolute Gasteiger partial charge is 0.294 e. The van der Waals surface area contributed by atoms with Crippen LogP contribution in [0.25, 0.3) is 0 Å². The van der Waals surface area contributed by atoms with Gasteiger partial charge < -0.3 is 0 Å². The second-order valence-corrected chi connectivity index (χ2v) is 8.90. The lowest BCUT2D eigenvalue weighted by Gasteiger charge is -2.09. The highest BCUT2D eigenvalue weighted by Crippen LogP contribution is 2.22. The third-order valence-corrected chi connectivity index (χ3v) is 6.29. The standard InChI is InChI=1S/C22H16ClN3O4S/c23-15-8-10-16(11-9-15)26-31(29,30)17-5-3-4-14(12-17)22(28)25-24-20-13-21(27)19-7-2-1-6-18(19)20/h1-12,26H,13H2,(H,25,28)/b24-20-. The number of Topliss-reactive ketones (excluding diaryl/α,β-unsaturated/α-hetero) is 1. The number of nitrogens with one attached hydrogen (secondary N) is 2. The van der Waals surface area contributed by atoms with Gasteiger partial charge in [-0.15, -0.1) is 0 Å². The Morgan fingerprint density at radius 1 is 0.935 bits per heavy atom. The highest BCUT2D eigenvalue weighted by molar-refractivity contribution is 7.92. The number of amides is 1. The van der Waals surface area contributed by atoms with Crippen LogP contribution in [0.15, 0.2) is 82.8 Å². The number of carbonyl (C=O) groups excluding carboxylic acids is 2. The zero-order chi connectivity index (χ0) is 22.0. The zero-order valence-corrected chi connectivity index (χ0v) is 17.6. The van der Waals surface area contributed by atoms with E-state index in [2.05, 4.69) is 15.2 Å². The molecule has 2 N–H and O–H groups in total. The first-order valence-corrected chi connectivity index (χ1v) is 11.1. The molecule has 0 heterocycles. The van der Waals surface area contributed by atoms with Gasteiger partial charge in [-0.2, -0.15) is 5.10 Å². The van der Waals surface area contributed by atoms with Crippen molar-refractivity contribution in [2.24, 2.45) is 5.10 Å². The Hall–Kier alpha value is -3.49. The predicted octanol–water partition coefficient (Wildman–Crippen LogP) is 3.86. The van der Waals surface area contributed by atoms with E-state index >= 15 is 0 Å². The summed E-state index contributed by atoms with van der Waals surface area (Å²) in [4.78, 5) is 24.5. The minimum Gasteiger partial charge on any atom is -0.294 e. The molecule has 9 heteroatoms. The molecule has 0 aliphatic heterocycles. The number of anilines is 1. The number of halogens is 1. The minimum atomic E-state index is -3.91. The van der Waals surface area contributed by atoms with Crippen molar-refractivity contribution in [2.75, 3.05) is 4.72 Å². The fourth-order valence-electron chi connectivity index (χ4n) is 3.14. The molecule has 0 spiro atoms. The summed E-state index contributed by atoms with van der Waals surface area (Å²) in [6.07, 6.45) is 0.0963. The van der Waals surface area contributed by atoms with Crippen LogP contribution in [-0.2, 0) is 10.0 Å². The monoisotopic (exact) mass is 453 g/mol. The van der Waals surface area contributed by atoms with E-state index in [1.165, 1.54) is 36.4 Å². The molecule has 7 nitrogen and oxygen atoms in total. The lowest BCUT2D eigenvalue weighted by atomic mass is 10.1. The quantitative estimate of drug-likeness (QED) is 0.572. The van der Waals surface area contributed by atoms with Crippen LogP contribution in [0.1, 0.15) is 32.7 Å². The molecule has 0 saturated heterocycles. The number of fused-ring (bicyclic) bond motifs is 1. The van der Waals surface area contributed by atoms with E-state index in [1.807, 2.05) is 0 Å². The van der Waals surface area contributed by atoms with Crippen molar-refractivity contribution in [3.05, 3.63) is 94.5 Å². The molecule has 0 bridgehead atoms. The maximum atomic E-state index is 12.7. The number of rotatable bonds is 5. The SMILES string of the molecule is O=C(N/N=C1/CC(=O)c2ccccc21)c1cccc(S(=O)(=O)Nc2ccc(Cl)cc2)c1. The molecule has 0 fully saturated rings. The average Bonchev–Trinajstić information content (AvgIpc) is 3.09. The molecule has 0 unspecified atom stereocenters. The van der Waals surface area contributed by atoms with E-state index in [0.29, 0.717) is 27.5 Å². The highest BCUT2D eigenvalue weighted by atomic mass is 35.5. The van der Waals surface area contributed by atoms with Gasteiger partial charge in [0, 0.05) is 27.4 Å². The Morgan fingerprint density at radius 2 is 1.65 bits per heavy atom. The third-order valence-electron chi connectivity index (χ3n) is 4.66. The van der Waals surface area contributed by atoms with Gasteiger partial charge in [-0.05, 0) is 42.5 Å². The van der Waals surface area contributed by atoms with Crippen molar-refractivity contribution >= 4 is 44.7 Å². The Labute approximate surface area is 183 Å². The summed E-state index contributed by atoms with van der Waals surface area (Å²) in [5.41, 5.74) is 4.56. The van der Waals surface area contributed by atoms with Gasteiger partial charge in [0.25, 0.3) is 15.9 Å². The fraction of sp³-hybridized carbons (Fsp3) is 0.0455. The summed E-state index contributed by atoms with van der Waals surface area (Å²) >= 11 is 5.82. The Balaban J connectivity index is 1.52. The van der Waals surface area contributed by atoms with Crippen LogP contribution in [0.5, 0.6) is 0 Å². The van der Waals surface area contributed by atoms with Crippen LogP contribution in [0, 0.1) is 0 Å². The molecule has 4 rings (SSSR count). The van der Waals surface area contributed by atoms with Gasteiger partial charge in [0.2, 0.25) is 0 Å². The molecule has 3 aromatic rings. The predicted molar refractivity (Wildman–Crippen MR) is 118 cm³/mol. The molecular formula is C22H16ClN3O4S. The van der Waals surface area contributed by atoms with Crippen molar-refractivity contribution in [1.29, 1.82) is 0 Å². The molecule has 1 aliphatic carbocycles. The first kappa shape index (κ1) is 20.8. The van der Waals surface area contributed by atoms with Gasteiger partial charge in [0.05, 0.1) is 17.0 Å². The maximum absolute atomic E-state index is 12.7.